The summed E-state index contributed by atoms with van der Waals surface area (Å²) in [6.07, 6.45) is 0. The zero-order chi connectivity index (χ0) is 9.30. The van der Waals surface area contributed by atoms with Crippen LogP contribution in [0.25, 0.3) is 0 Å². The molecule has 1 saturated heterocycles. The molecule has 2 amide bonds. The number of amides is 2. The zero-order valence-electron chi connectivity index (χ0n) is 7.18. The Kier molecular flexibility index (Phi) is 2.17. The van der Waals surface area contributed by atoms with Crippen molar-refractivity contribution in [1.82, 2.24) is 10.6 Å². The van der Waals surface area contributed by atoms with E-state index in [2.05, 4.69) is 17.2 Å². The normalized spacial score (nSPS) is 29.2. The first kappa shape index (κ1) is 8.77. The summed E-state index contributed by atoms with van der Waals surface area (Å²) in [7, 11) is 0. The van der Waals surface area contributed by atoms with Gasteiger partial charge in [-0.25, -0.2) is 0 Å². The first-order valence-electron chi connectivity index (χ1n) is 3.78. The van der Waals surface area contributed by atoms with Crippen LogP contribution in [0.3, 0.4) is 0 Å². The van der Waals surface area contributed by atoms with Crippen molar-refractivity contribution in [1.29, 1.82) is 0 Å². The molecule has 4 nitrogen and oxygen atoms in total. The molecule has 4 heteroatoms. The van der Waals surface area contributed by atoms with Gasteiger partial charge in [0.15, 0.2) is 0 Å². The van der Waals surface area contributed by atoms with Crippen molar-refractivity contribution >= 4 is 11.8 Å². The fourth-order valence-electron chi connectivity index (χ4n) is 1.04. The molecule has 0 aromatic rings. The number of hydrogen-bond donors (Lipinski definition) is 2. The fraction of sp³-hybridized carbons (Fsp3) is 0.500. The second-order valence-corrected chi connectivity index (χ2v) is 3.02. The minimum atomic E-state index is -0.561. The Balaban J connectivity index is 2.75. The minimum Gasteiger partial charge on any atom is -0.343 e. The van der Waals surface area contributed by atoms with Gasteiger partial charge in [-0.05, 0) is 19.4 Å². The Bertz CT molecular complexity index is 247. The maximum absolute atomic E-state index is 11.2. The van der Waals surface area contributed by atoms with Gasteiger partial charge in [0.1, 0.15) is 12.1 Å². The SMILES string of the molecule is C=C(C)[C@@H]1NC(=O)[C@H](C)NC1=O. The van der Waals surface area contributed by atoms with Crippen molar-refractivity contribution in [2.45, 2.75) is 25.9 Å². The standard InChI is InChI=1S/C8H12N2O2/c1-4(2)6-8(12)9-5(3)7(11)10-6/h5-6H,1H2,2-3H3,(H,9,12)(H,10,11)/t5-,6-/m0/s1. The van der Waals surface area contributed by atoms with Crippen molar-refractivity contribution in [3.8, 4) is 0 Å². The molecule has 1 fully saturated rings. The Labute approximate surface area is 71.0 Å². The quantitative estimate of drug-likeness (QED) is 0.522. The summed E-state index contributed by atoms with van der Waals surface area (Å²) in [5.74, 6) is -0.350. The van der Waals surface area contributed by atoms with Crippen LogP contribution in [-0.2, 0) is 9.59 Å². The lowest BCUT2D eigenvalue weighted by Gasteiger charge is -2.27. The van der Waals surface area contributed by atoms with Crippen molar-refractivity contribution < 1.29 is 9.59 Å². The molecule has 0 aliphatic carbocycles. The second kappa shape index (κ2) is 2.97. The van der Waals surface area contributed by atoms with Gasteiger partial charge >= 0.3 is 0 Å². The van der Waals surface area contributed by atoms with Crippen LogP contribution in [0.4, 0.5) is 0 Å². The lowest BCUT2D eigenvalue weighted by Crippen LogP contribution is -2.60. The van der Waals surface area contributed by atoms with E-state index in [1.807, 2.05) is 0 Å². The molecule has 0 aromatic heterocycles. The third-order valence-electron chi connectivity index (χ3n) is 1.79. The summed E-state index contributed by atoms with van der Waals surface area (Å²) < 4.78 is 0. The lowest BCUT2D eigenvalue weighted by molar-refractivity contribution is -0.135. The maximum Gasteiger partial charge on any atom is 0.247 e. The van der Waals surface area contributed by atoms with E-state index in [4.69, 9.17) is 0 Å². The molecule has 1 aliphatic rings. The van der Waals surface area contributed by atoms with Gasteiger partial charge < -0.3 is 10.6 Å². The fourth-order valence-corrected chi connectivity index (χ4v) is 1.04. The molecule has 0 saturated carbocycles. The van der Waals surface area contributed by atoms with E-state index in [9.17, 15) is 9.59 Å². The molecule has 2 atom stereocenters. The summed E-state index contributed by atoms with van der Waals surface area (Å²) in [4.78, 5) is 22.3. The summed E-state index contributed by atoms with van der Waals surface area (Å²) in [5, 5.41) is 5.11. The van der Waals surface area contributed by atoms with E-state index in [0.717, 1.165) is 0 Å². The Morgan fingerprint density at radius 3 is 2.42 bits per heavy atom. The number of nitrogens with one attached hydrogen (secondary N) is 2. The highest BCUT2D eigenvalue weighted by molar-refractivity contribution is 5.98. The highest BCUT2D eigenvalue weighted by Crippen LogP contribution is 2.03. The van der Waals surface area contributed by atoms with Crippen LogP contribution in [-0.4, -0.2) is 23.9 Å². The van der Waals surface area contributed by atoms with Gasteiger partial charge in [-0.15, -0.1) is 0 Å². The third kappa shape index (κ3) is 1.47. The maximum atomic E-state index is 11.2. The zero-order valence-corrected chi connectivity index (χ0v) is 7.18. The Morgan fingerprint density at radius 2 is 1.92 bits per heavy atom. The highest BCUT2D eigenvalue weighted by Gasteiger charge is 2.30. The summed E-state index contributed by atoms with van der Waals surface area (Å²) in [5.41, 5.74) is 0.646. The summed E-state index contributed by atoms with van der Waals surface area (Å²) in [6, 6.07) is -0.998. The molecule has 0 spiro atoms. The second-order valence-electron chi connectivity index (χ2n) is 3.02. The van der Waals surface area contributed by atoms with Crippen LogP contribution >= 0.6 is 0 Å². The first-order chi connectivity index (χ1) is 5.52. The minimum absolute atomic E-state index is 0.164. The van der Waals surface area contributed by atoms with E-state index in [1.54, 1.807) is 13.8 Å². The summed E-state index contributed by atoms with van der Waals surface area (Å²) >= 11 is 0. The Morgan fingerprint density at radius 1 is 1.33 bits per heavy atom. The molecular weight excluding hydrogens is 156 g/mol. The van der Waals surface area contributed by atoms with E-state index in [1.165, 1.54) is 0 Å². The molecule has 12 heavy (non-hydrogen) atoms. The van der Waals surface area contributed by atoms with Crippen LogP contribution in [0.1, 0.15) is 13.8 Å². The number of rotatable bonds is 1. The van der Waals surface area contributed by atoms with E-state index in [-0.39, 0.29) is 11.8 Å². The Hall–Kier alpha value is -1.32. The molecule has 1 rings (SSSR count). The van der Waals surface area contributed by atoms with E-state index in [0.29, 0.717) is 5.57 Å². The average molecular weight is 168 g/mol. The van der Waals surface area contributed by atoms with Crippen LogP contribution < -0.4 is 10.6 Å². The molecule has 2 N–H and O–H groups in total. The number of piperazine rings is 1. The largest absolute Gasteiger partial charge is 0.343 e. The van der Waals surface area contributed by atoms with Gasteiger partial charge in [-0.2, -0.15) is 0 Å². The predicted octanol–water partition coefficient (Wildman–Crippen LogP) is -0.434. The summed E-state index contributed by atoms with van der Waals surface area (Å²) in [6.45, 7) is 6.96. The molecule has 66 valence electrons. The molecular formula is C8H12N2O2. The molecule has 0 radical (unpaired) electrons. The average Bonchev–Trinajstić information content (AvgIpc) is 1.96. The van der Waals surface area contributed by atoms with Gasteiger partial charge in [-0.3, -0.25) is 9.59 Å². The van der Waals surface area contributed by atoms with Crippen molar-refractivity contribution in [3.05, 3.63) is 12.2 Å². The van der Waals surface area contributed by atoms with Crippen LogP contribution in [0.15, 0.2) is 12.2 Å². The lowest BCUT2D eigenvalue weighted by atomic mass is 10.1. The van der Waals surface area contributed by atoms with Crippen LogP contribution in [0.2, 0.25) is 0 Å². The van der Waals surface area contributed by atoms with Gasteiger partial charge in [0.2, 0.25) is 11.8 Å². The molecule has 1 heterocycles. The number of carbonyl (C=O) groups excluding carboxylic acids is 2. The van der Waals surface area contributed by atoms with Gasteiger partial charge in [0.25, 0.3) is 0 Å². The molecule has 0 bridgehead atoms. The van der Waals surface area contributed by atoms with Crippen LogP contribution in [0, 0.1) is 0 Å². The molecule has 0 aromatic carbocycles. The van der Waals surface area contributed by atoms with Crippen molar-refractivity contribution in [2.75, 3.05) is 0 Å². The van der Waals surface area contributed by atoms with Gasteiger partial charge in [0, 0.05) is 0 Å². The molecule has 0 unspecified atom stereocenters. The van der Waals surface area contributed by atoms with Crippen molar-refractivity contribution in [3.63, 3.8) is 0 Å². The van der Waals surface area contributed by atoms with E-state index < -0.39 is 12.1 Å². The number of carbonyl (C=O) groups is 2. The topological polar surface area (TPSA) is 58.2 Å². The van der Waals surface area contributed by atoms with E-state index >= 15 is 0 Å². The van der Waals surface area contributed by atoms with Crippen LogP contribution in [0.5, 0.6) is 0 Å². The number of hydrogen-bond acceptors (Lipinski definition) is 2. The van der Waals surface area contributed by atoms with Crippen molar-refractivity contribution in [2.24, 2.45) is 0 Å². The monoisotopic (exact) mass is 168 g/mol. The smallest absolute Gasteiger partial charge is 0.247 e. The highest BCUT2D eigenvalue weighted by atomic mass is 16.2. The molecule has 1 aliphatic heterocycles. The van der Waals surface area contributed by atoms with Gasteiger partial charge in [0.05, 0.1) is 0 Å². The van der Waals surface area contributed by atoms with Gasteiger partial charge in [-0.1, -0.05) is 6.58 Å². The third-order valence-corrected chi connectivity index (χ3v) is 1.79. The first-order valence-corrected chi connectivity index (χ1v) is 3.78. The predicted molar refractivity (Wildman–Crippen MR) is 44.3 cm³/mol.